The molecule has 30 heavy (non-hydrogen) atoms. The number of aromatic nitrogens is 2. The molecule has 1 aromatic heterocycles. The number of methoxy groups -OCH3 is 1. The minimum atomic E-state index is 0.531. The van der Waals surface area contributed by atoms with Gasteiger partial charge in [-0.3, -0.25) is 0 Å². The highest BCUT2D eigenvalue weighted by atomic mass is 16.5. The summed E-state index contributed by atoms with van der Waals surface area (Å²) in [6, 6.07) is 24.7. The first-order valence-corrected chi connectivity index (χ1v) is 10.5. The molecule has 0 fully saturated rings. The Bertz CT molecular complexity index is 1110. The first-order chi connectivity index (χ1) is 14.7. The number of fused-ring (bicyclic) bond motifs is 1. The Labute approximate surface area is 178 Å². The van der Waals surface area contributed by atoms with Gasteiger partial charge in [-0.1, -0.05) is 50.2 Å². The van der Waals surface area contributed by atoms with Crippen LogP contribution in [0.15, 0.2) is 72.8 Å². The third-order valence-corrected chi connectivity index (χ3v) is 5.32. The van der Waals surface area contributed by atoms with Crippen LogP contribution >= 0.6 is 0 Å². The first-order valence-electron chi connectivity index (χ1n) is 10.5. The van der Waals surface area contributed by atoms with E-state index in [2.05, 4.69) is 66.9 Å². The van der Waals surface area contributed by atoms with Crippen LogP contribution in [0.5, 0.6) is 11.5 Å². The van der Waals surface area contributed by atoms with Gasteiger partial charge in [0.25, 0.3) is 0 Å². The quantitative estimate of drug-likeness (QED) is 0.325. The first kappa shape index (κ1) is 20.0. The van der Waals surface area contributed by atoms with Crippen LogP contribution in [0.25, 0.3) is 22.4 Å². The van der Waals surface area contributed by atoms with E-state index in [-0.39, 0.29) is 0 Å². The molecule has 0 atom stereocenters. The molecule has 0 radical (unpaired) electrons. The standard InChI is InChI=1S/C26H28N2O2/c1-19(2)20-12-14-22(15-13-20)30-17-7-16-28-25-11-5-4-10-24(25)27-26(28)21-8-6-9-23(18-21)29-3/h4-6,8-15,18-19H,7,16-17H2,1-3H3. The number of hydrogen-bond acceptors (Lipinski definition) is 3. The number of para-hydroxylation sites is 2. The van der Waals surface area contributed by atoms with Gasteiger partial charge < -0.3 is 14.0 Å². The maximum atomic E-state index is 5.98. The summed E-state index contributed by atoms with van der Waals surface area (Å²) >= 11 is 0. The van der Waals surface area contributed by atoms with E-state index < -0.39 is 0 Å². The summed E-state index contributed by atoms with van der Waals surface area (Å²) in [5, 5.41) is 0. The van der Waals surface area contributed by atoms with Crippen LogP contribution in [0, 0.1) is 0 Å². The normalized spacial score (nSPS) is 11.2. The Balaban J connectivity index is 1.50. The number of benzene rings is 3. The topological polar surface area (TPSA) is 36.3 Å². The molecule has 4 heteroatoms. The van der Waals surface area contributed by atoms with E-state index in [0.29, 0.717) is 12.5 Å². The summed E-state index contributed by atoms with van der Waals surface area (Å²) in [5.41, 5.74) is 4.52. The lowest BCUT2D eigenvalue weighted by Gasteiger charge is -2.12. The predicted octanol–water partition coefficient (Wildman–Crippen LogP) is 6.30. The van der Waals surface area contributed by atoms with Crippen molar-refractivity contribution in [2.45, 2.75) is 32.7 Å². The van der Waals surface area contributed by atoms with E-state index in [1.807, 2.05) is 24.3 Å². The van der Waals surface area contributed by atoms with Gasteiger partial charge in [-0.2, -0.15) is 0 Å². The maximum Gasteiger partial charge on any atom is 0.141 e. The molecule has 4 nitrogen and oxygen atoms in total. The number of nitrogens with zero attached hydrogens (tertiary/aromatic N) is 2. The van der Waals surface area contributed by atoms with Gasteiger partial charge in [-0.05, 0) is 54.3 Å². The van der Waals surface area contributed by atoms with Crippen molar-refractivity contribution in [2.24, 2.45) is 0 Å². The Hall–Kier alpha value is -3.27. The Morgan fingerprint density at radius 1 is 0.900 bits per heavy atom. The monoisotopic (exact) mass is 400 g/mol. The molecule has 154 valence electrons. The van der Waals surface area contributed by atoms with Gasteiger partial charge in [0.1, 0.15) is 17.3 Å². The van der Waals surface area contributed by atoms with Gasteiger partial charge in [-0.25, -0.2) is 4.98 Å². The zero-order valence-electron chi connectivity index (χ0n) is 17.8. The lowest BCUT2D eigenvalue weighted by atomic mass is 10.0. The summed E-state index contributed by atoms with van der Waals surface area (Å²) in [7, 11) is 1.69. The minimum Gasteiger partial charge on any atom is -0.497 e. The van der Waals surface area contributed by atoms with Crippen LogP contribution in [-0.2, 0) is 6.54 Å². The van der Waals surface area contributed by atoms with Crippen LogP contribution in [0.1, 0.15) is 31.7 Å². The molecule has 0 aliphatic heterocycles. The SMILES string of the molecule is COc1cccc(-c2nc3ccccc3n2CCCOc2ccc(C(C)C)cc2)c1. The summed E-state index contributed by atoms with van der Waals surface area (Å²) in [6.07, 6.45) is 0.892. The molecule has 0 spiro atoms. The second kappa shape index (κ2) is 9.04. The zero-order chi connectivity index (χ0) is 20.9. The molecule has 1 heterocycles. The molecule has 0 aliphatic rings. The van der Waals surface area contributed by atoms with Crippen LogP contribution in [0.2, 0.25) is 0 Å². The molecule has 0 saturated heterocycles. The molecule has 3 aromatic carbocycles. The van der Waals surface area contributed by atoms with Gasteiger partial charge in [0, 0.05) is 12.1 Å². The average Bonchev–Trinajstić information content (AvgIpc) is 3.15. The minimum absolute atomic E-state index is 0.531. The van der Waals surface area contributed by atoms with Gasteiger partial charge in [0.2, 0.25) is 0 Å². The van der Waals surface area contributed by atoms with Gasteiger partial charge in [-0.15, -0.1) is 0 Å². The molecular formula is C26H28N2O2. The Morgan fingerprint density at radius 2 is 1.70 bits per heavy atom. The molecule has 0 aliphatic carbocycles. The second-order valence-electron chi connectivity index (χ2n) is 7.73. The molecular weight excluding hydrogens is 372 g/mol. The van der Waals surface area contributed by atoms with Gasteiger partial charge >= 0.3 is 0 Å². The third kappa shape index (κ3) is 4.33. The number of hydrogen-bond donors (Lipinski definition) is 0. The van der Waals surface area contributed by atoms with E-state index in [0.717, 1.165) is 46.9 Å². The third-order valence-electron chi connectivity index (χ3n) is 5.32. The fourth-order valence-corrected chi connectivity index (χ4v) is 3.65. The van der Waals surface area contributed by atoms with Crippen molar-refractivity contribution in [1.82, 2.24) is 9.55 Å². The molecule has 4 rings (SSSR count). The number of aryl methyl sites for hydroxylation is 1. The van der Waals surface area contributed by atoms with Crippen LogP contribution in [0.4, 0.5) is 0 Å². The Kier molecular flexibility index (Phi) is 6.03. The largest absolute Gasteiger partial charge is 0.497 e. The van der Waals surface area contributed by atoms with E-state index in [1.54, 1.807) is 7.11 Å². The Morgan fingerprint density at radius 3 is 2.47 bits per heavy atom. The van der Waals surface area contributed by atoms with Crippen LogP contribution < -0.4 is 9.47 Å². The fourth-order valence-electron chi connectivity index (χ4n) is 3.65. The lowest BCUT2D eigenvalue weighted by molar-refractivity contribution is 0.303. The number of ether oxygens (including phenoxy) is 2. The van der Waals surface area contributed by atoms with E-state index >= 15 is 0 Å². The van der Waals surface area contributed by atoms with Crippen LogP contribution in [-0.4, -0.2) is 23.3 Å². The fraction of sp³-hybridized carbons (Fsp3) is 0.269. The van der Waals surface area contributed by atoms with Crippen molar-refractivity contribution in [3.63, 3.8) is 0 Å². The summed E-state index contributed by atoms with van der Waals surface area (Å²) < 4.78 is 13.7. The maximum absolute atomic E-state index is 5.98. The predicted molar refractivity (Wildman–Crippen MR) is 122 cm³/mol. The molecule has 0 amide bonds. The second-order valence-corrected chi connectivity index (χ2v) is 7.73. The zero-order valence-corrected chi connectivity index (χ0v) is 17.8. The van der Waals surface area contributed by atoms with Crippen molar-refractivity contribution < 1.29 is 9.47 Å². The van der Waals surface area contributed by atoms with Crippen molar-refractivity contribution in [3.05, 3.63) is 78.4 Å². The molecule has 4 aromatic rings. The van der Waals surface area contributed by atoms with Crippen molar-refractivity contribution in [1.29, 1.82) is 0 Å². The highest BCUT2D eigenvalue weighted by Crippen LogP contribution is 2.28. The summed E-state index contributed by atoms with van der Waals surface area (Å²) in [5.74, 6) is 3.24. The molecule has 0 unspecified atom stereocenters. The van der Waals surface area contributed by atoms with E-state index in [9.17, 15) is 0 Å². The molecule has 0 N–H and O–H groups in total. The van der Waals surface area contributed by atoms with E-state index in [1.165, 1.54) is 5.56 Å². The van der Waals surface area contributed by atoms with E-state index in [4.69, 9.17) is 14.5 Å². The van der Waals surface area contributed by atoms with Crippen molar-refractivity contribution in [3.8, 4) is 22.9 Å². The van der Waals surface area contributed by atoms with Crippen molar-refractivity contribution in [2.75, 3.05) is 13.7 Å². The highest BCUT2D eigenvalue weighted by molar-refractivity contribution is 5.80. The van der Waals surface area contributed by atoms with Crippen LogP contribution in [0.3, 0.4) is 0 Å². The molecule has 0 saturated carbocycles. The van der Waals surface area contributed by atoms with Crippen molar-refractivity contribution >= 4 is 11.0 Å². The summed E-state index contributed by atoms with van der Waals surface area (Å²) in [4.78, 5) is 4.89. The average molecular weight is 401 g/mol. The number of rotatable bonds is 8. The summed E-state index contributed by atoms with van der Waals surface area (Å²) in [6.45, 7) is 5.89. The van der Waals surface area contributed by atoms with Gasteiger partial charge in [0.05, 0.1) is 24.8 Å². The highest BCUT2D eigenvalue weighted by Gasteiger charge is 2.13. The number of imidazole rings is 1. The van der Waals surface area contributed by atoms with Gasteiger partial charge in [0.15, 0.2) is 0 Å². The lowest BCUT2D eigenvalue weighted by Crippen LogP contribution is -2.06. The molecule has 0 bridgehead atoms. The smallest absolute Gasteiger partial charge is 0.141 e.